The van der Waals surface area contributed by atoms with E-state index in [2.05, 4.69) is 10.3 Å². The summed E-state index contributed by atoms with van der Waals surface area (Å²) in [7, 11) is 0. The number of anilines is 1. The highest BCUT2D eigenvalue weighted by Crippen LogP contribution is 2.25. The Kier molecular flexibility index (Phi) is 3.59. The average molecular weight is 251 g/mol. The first-order valence-electron chi connectivity index (χ1n) is 5.30. The summed E-state index contributed by atoms with van der Waals surface area (Å²) in [5.41, 5.74) is 0.916. The quantitative estimate of drug-likeness (QED) is 0.889. The number of benzene rings is 1. The van der Waals surface area contributed by atoms with Gasteiger partial charge >= 0.3 is 0 Å². The molecular weight excluding hydrogens is 239 g/mol. The number of hydrogen-bond donors (Lipinski definition) is 1. The Morgan fingerprint density at radius 2 is 2.00 bits per heavy atom. The molecular formula is C13H12ClFN2. The molecule has 2 rings (SSSR count). The average Bonchev–Trinajstić information content (AvgIpc) is 2.32. The van der Waals surface area contributed by atoms with Gasteiger partial charge in [0.15, 0.2) is 11.6 Å². The molecule has 1 aromatic carbocycles. The standard InChI is InChI=1S/C13H12ClFN2/c1-9(10-5-2-3-6-11(10)14)17-13-12(15)7-4-8-16-13/h2-9H,1H3,(H,16,17). The summed E-state index contributed by atoms with van der Waals surface area (Å²) in [5, 5.41) is 3.65. The Bertz CT molecular complexity index is 516. The Balaban J connectivity index is 2.20. The molecule has 2 aromatic rings. The number of nitrogens with one attached hydrogen (secondary N) is 1. The maximum Gasteiger partial charge on any atom is 0.165 e. The van der Waals surface area contributed by atoms with Crippen molar-refractivity contribution in [3.05, 3.63) is 59.0 Å². The molecule has 0 saturated carbocycles. The van der Waals surface area contributed by atoms with Crippen molar-refractivity contribution in [2.75, 3.05) is 5.32 Å². The highest BCUT2D eigenvalue weighted by Gasteiger charge is 2.11. The maximum atomic E-state index is 13.4. The van der Waals surface area contributed by atoms with Crippen molar-refractivity contribution in [2.45, 2.75) is 13.0 Å². The van der Waals surface area contributed by atoms with Gasteiger partial charge in [0, 0.05) is 11.2 Å². The first kappa shape index (κ1) is 11.9. The van der Waals surface area contributed by atoms with Gasteiger partial charge < -0.3 is 5.32 Å². The summed E-state index contributed by atoms with van der Waals surface area (Å²) < 4.78 is 13.4. The van der Waals surface area contributed by atoms with Crippen LogP contribution in [0.5, 0.6) is 0 Å². The molecule has 1 N–H and O–H groups in total. The molecule has 0 fully saturated rings. The molecule has 0 aliphatic heterocycles. The number of aromatic nitrogens is 1. The molecule has 1 atom stereocenters. The fourth-order valence-corrected chi connectivity index (χ4v) is 1.90. The van der Waals surface area contributed by atoms with Crippen LogP contribution in [0.15, 0.2) is 42.6 Å². The molecule has 2 nitrogen and oxygen atoms in total. The molecule has 0 aliphatic rings. The van der Waals surface area contributed by atoms with E-state index in [1.807, 2.05) is 31.2 Å². The van der Waals surface area contributed by atoms with E-state index in [1.165, 1.54) is 6.07 Å². The van der Waals surface area contributed by atoms with Gasteiger partial charge in [-0.1, -0.05) is 29.8 Å². The van der Waals surface area contributed by atoms with Gasteiger partial charge in [-0.2, -0.15) is 0 Å². The highest BCUT2D eigenvalue weighted by atomic mass is 35.5. The second-order valence-electron chi connectivity index (χ2n) is 3.72. The minimum Gasteiger partial charge on any atom is -0.361 e. The van der Waals surface area contributed by atoms with Gasteiger partial charge in [0.1, 0.15) is 0 Å². The maximum absolute atomic E-state index is 13.4. The Morgan fingerprint density at radius 3 is 2.71 bits per heavy atom. The van der Waals surface area contributed by atoms with Crippen LogP contribution >= 0.6 is 11.6 Å². The van der Waals surface area contributed by atoms with Crippen molar-refractivity contribution in [1.29, 1.82) is 0 Å². The van der Waals surface area contributed by atoms with Gasteiger partial charge in [0.2, 0.25) is 0 Å². The Labute approximate surface area is 104 Å². The van der Waals surface area contributed by atoms with Gasteiger partial charge in [0.25, 0.3) is 0 Å². The van der Waals surface area contributed by atoms with Crippen LogP contribution < -0.4 is 5.32 Å². The lowest BCUT2D eigenvalue weighted by molar-refractivity contribution is 0.621. The van der Waals surface area contributed by atoms with Crippen molar-refractivity contribution in [3.63, 3.8) is 0 Å². The number of hydrogen-bond acceptors (Lipinski definition) is 2. The molecule has 1 heterocycles. The lowest BCUT2D eigenvalue weighted by Gasteiger charge is -2.16. The van der Waals surface area contributed by atoms with E-state index in [0.717, 1.165) is 5.56 Å². The lowest BCUT2D eigenvalue weighted by atomic mass is 10.1. The van der Waals surface area contributed by atoms with Crippen LogP contribution in [0.3, 0.4) is 0 Å². The van der Waals surface area contributed by atoms with Crippen LogP contribution in [0.2, 0.25) is 5.02 Å². The van der Waals surface area contributed by atoms with E-state index in [4.69, 9.17) is 11.6 Å². The Hall–Kier alpha value is -1.61. The van der Waals surface area contributed by atoms with E-state index in [1.54, 1.807) is 12.3 Å². The van der Waals surface area contributed by atoms with E-state index in [-0.39, 0.29) is 17.7 Å². The predicted octanol–water partition coefficient (Wildman–Crippen LogP) is 4.05. The minimum atomic E-state index is -0.369. The monoisotopic (exact) mass is 250 g/mol. The van der Waals surface area contributed by atoms with E-state index in [9.17, 15) is 4.39 Å². The topological polar surface area (TPSA) is 24.9 Å². The molecule has 17 heavy (non-hydrogen) atoms. The summed E-state index contributed by atoms with van der Waals surface area (Å²) in [5.74, 6) is -0.133. The lowest BCUT2D eigenvalue weighted by Crippen LogP contribution is -2.09. The van der Waals surface area contributed by atoms with E-state index < -0.39 is 0 Å². The van der Waals surface area contributed by atoms with Gasteiger partial charge in [-0.25, -0.2) is 9.37 Å². The van der Waals surface area contributed by atoms with Gasteiger partial charge in [0.05, 0.1) is 6.04 Å². The summed E-state index contributed by atoms with van der Waals surface area (Å²) in [6.45, 7) is 1.91. The van der Waals surface area contributed by atoms with Crippen LogP contribution in [0.4, 0.5) is 10.2 Å². The third kappa shape index (κ3) is 2.74. The third-order valence-electron chi connectivity index (χ3n) is 2.48. The van der Waals surface area contributed by atoms with Gasteiger partial charge in [-0.3, -0.25) is 0 Å². The molecule has 0 aliphatic carbocycles. The zero-order valence-corrected chi connectivity index (χ0v) is 10.1. The molecule has 4 heteroatoms. The normalized spacial score (nSPS) is 12.2. The number of pyridine rings is 1. The summed E-state index contributed by atoms with van der Waals surface area (Å²) in [6, 6.07) is 10.3. The fourth-order valence-electron chi connectivity index (χ4n) is 1.60. The summed E-state index contributed by atoms with van der Waals surface area (Å²) >= 11 is 6.07. The third-order valence-corrected chi connectivity index (χ3v) is 2.83. The zero-order valence-electron chi connectivity index (χ0n) is 9.32. The number of rotatable bonds is 3. The SMILES string of the molecule is CC(Nc1ncccc1F)c1ccccc1Cl. The molecule has 88 valence electrons. The van der Waals surface area contributed by atoms with Crippen molar-refractivity contribution < 1.29 is 4.39 Å². The van der Waals surface area contributed by atoms with Crippen molar-refractivity contribution in [2.24, 2.45) is 0 Å². The summed E-state index contributed by atoms with van der Waals surface area (Å²) in [4.78, 5) is 3.94. The van der Waals surface area contributed by atoms with Crippen molar-refractivity contribution >= 4 is 17.4 Å². The second kappa shape index (κ2) is 5.15. The van der Waals surface area contributed by atoms with Crippen LogP contribution in [0.1, 0.15) is 18.5 Å². The van der Waals surface area contributed by atoms with Crippen molar-refractivity contribution in [1.82, 2.24) is 4.98 Å². The smallest absolute Gasteiger partial charge is 0.165 e. The first-order chi connectivity index (χ1) is 8.18. The molecule has 0 spiro atoms. The number of nitrogens with zero attached hydrogens (tertiary/aromatic N) is 1. The van der Waals surface area contributed by atoms with Crippen LogP contribution in [-0.2, 0) is 0 Å². The largest absolute Gasteiger partial charge is 0.361 e. The van der Waals surface area contributed by atoms with Crippen LogP contribution in [-0.4, -0.2) is 4.98 Å². The fraction of sp³-hybridized carbons (Fsp3) is 0.154. The van der Waals surface area contributed by atoms with Crippen molar-refractivity contribution in [3.8, 4) is 0 Å². The minimum absolute atomic E-state index is 0.104. The highest BCUT2D eigenvalue weighted by molar-refractivity contribution is 6.31. The van der Waals surface area contributed by atoms with Crippen LogP contribution in [0, 0.1) is 5.82 Å². The van der Waals surface area contributed by atoms with Gasteiger partial charge in [-0.05, 0) is 30.7 Å². The molecule has 0 radical (unpaired) electrons. The van der Waals surface area contributed by atoms with Crippen LogP contribution in [0.25, 0.3) is 0 Å². The molecule has 0 saturated heterocycles. The summed E-state index contributed by atoms with van der Waals surface area (Å²) in [6.07, 6.45) is 1.55. The zero-order chi connectivity index (χ0) is 12.3. The molecule has 1 aromatic heterocycles. The van der Waals surface area contributed by atoms with Gasteiger partial charge in [-0.15, -0.1) is 0 Å². The molecule has 1 unspecified atom stereocenters. The second-order valence-corrected chi connectivity index (χ2v) is 4.13. The first-order valence-corrected chi connectivity index (χ1v) is 5.68. The molecule has 0 bridgehead atoms. The predicted molar refractivity (Wildman–Crippen MR) is 67.7 cm³/mol. The van der Waals surface area contributed by atoms with E-state index >= 15 is 0 Å². The molecule has 0 amide bonds. The Morgan fingerprint density at radius 1 is 1.24 bits per heavy atom. The van der Waals surface area contributed by atoms with E-state index in [0.29, 0.717) is 5.02 Å². The number of halogens is 2.